The van der Waals surface area contributed by atoms with Crippen LogP contribution in [0.4, 0.5) is 0 Å². The van der Waals surface area contributed by atoms with E-state index in [1.54, 1.807) is 4.90 Å². The third-order valence-electron chi connectivity index (χ3n) is 2.77. The van der Waals surface area contributed by atoms with Gasteiger partial charge >= 0.3 is 0 Å². The molecule has 0 aromatic carbocycles. The summed E-state index contributed by atoms with van der Waals surface area (Å²) >= 11 is 4.79. The van der Waals surface area contributed by atoms with Crippen LogP contribution < -0.4 is 0 Å². The van der Waals surface area contributed by atoms with Gasteiger partial charge in [-0.15, -0.1) is 11.3 Å². The van der Waals surface area contributed by atoms with Crippen LogP contribution in [0.25, 0.3) is 0 Å². The predicted molar refractivity (Wildman–Crippen MR) is 66.7 cm³/mol. The van der Waals surface area contributed by atoms with Crippen molar-refractivity contribution in [2.45, 2.75) is 13.3 Å². The quantitative estimate of drug-likeness (QED) is 0.799. The summed E-state index contributed by atoms with van der Waals surface area (Å²) in [5.74, 6) is 0.256. The highest BCUT2D eigenvalue weighted by molar-refractivity contribution is 9.10. The fraction of sp³-hybridized carbons (Fsp3) is 0.455. The molecule has 16 heavy (non-hydrogen) atoms. The minimum atomic E-state index is -0.0311. The maximum absolute atomic E-state index is 12.1. The Kier molecular flexibility index (Phi) is 3.44. The number of likely N-dealkylation sites (tertiary alicyclic amines) is 1. The van der Waals surface area contributed by atoms with Gasteiger partial charge in [0.05, 0.1) is 0 Å². The minimum Gasteiger partial charge on any atom is -0.337 e. The molecule has 1 fully saturated rings. The molecule has 86 valence electrons. The number of thiophene rings is 1. The molecule has 1 aliphatic rings. The van der Waals surface area contributed by atoms with Crippen LogP contribution in [0.1, 0.15) is 23.0 Å². The third kappa shape index (κ3) is 2.20. The van der Waals surface area contributed by atoms with E-state index in [9.17, 15) is 9.59 Å². The minimum absolute atomic E-state index is 0.0289. The normalized spacial score (nSPS) is 21.2. The first-order chi connectivity index (χ1) is 7.59. The molecule has 1 unspecified atom stereocenters. The average molecular weight is 302 g/mol. The van der Waals surface area contributed by atoms with Gasteiger partial charge < -0.3 is 4.90 Å². The van der Waals surface area contributed by atoms with Gasteiger partial charge in [0.1, 0.15) is 10.7 Å². The van der Waals surface area contributed by atoms with Crippen molar-refractivity contribution >= 4 is 39.0 Å². The van der Waals surface area contributed by atoms with Gasteiger partial charge in [-0.05, 0) is 27.4 Å². The number of piperidine rings is 1. The highest BCUT2D eigenvalue weighted by atomic mass is 79.9. The topological polar surface area (TPSA) is 37.4 Å². The van der Waals surface area contributed by atoms with Crippen molar-refractivity contribution in [1.29, 1.82) is 0 Å². The van der Waals surface area contributed by atoms with Crippen LogP contribution in [0, 0.1) is 5.92 Å². The molecule has 1 saturated heterocycles. The molecule has 0 radical (unpaired) electrons. The standard InChI is InChI=1S/C11H12BrNO2S/c1-7-6-13(4-2-9(7)14)11(15)10-8(12)3-5-16-10/h3,5,7H,2,4,6H2,1H3. The number of hydrogen-bond donors (Lipinski definition) is 0. The van der Waals surface area contributed by atoms with Crippen molar-refractivity contribution < 1.29 is 9.59 Å². The van der Waals surface area contributed by atoms with E-state index in [0.29, 0.717) is 19.5 Å². The van der Waals surface area contributed by atoms with Gasteiger partial charge in [0, 0.05) is 29.9 Å². The van der Waals surface area contributed by atoms with Crippen LogP contribution in [0.2, 0.25) is 0 Å². The highest BCUT2D eigenvalue weighted by Gasteiger charge is 2.28. The molecule has 0 aliphatic carbocycles. The monoisotopic (exact) mass is 301 g/mol. The third-order valence-corrected chi connectivity index (χ3v) is 4.60. The number of nitrogens with zero attached hydrogens (tertiary/aromatic N) is 1. The summed E-state index contributed by atoms with van der Waals surface area (Å²) in [7, 11) is 0. The van der Waals surface area contributed by atoms with Gasteiger partial charge in [0.15, 0.2) is 0 Å². The lowest BCUT2D eigenvalue weighted by atomic mass is 9.98. The van der Waals surface area contributed by atoms with Crippen LogP contribution >= 0.6 is 27.3 Å². The molecule has 0 bridgehead atoms. The fourth-order valence-electron chi connectivity index (χ4n) is 1.79. The van der Waals surface area contributed by atoms with Crippen molar-refractivity contribution in [3.63, 3.8) is 0 Å². The van der Waals surface area contributed by atoms with E-state index < -0.39 is 0 Å². The molecule has 1 atom stereocenters. The molecule has 0 spiro atoms. The van der Waals surface area contributed by atoms with Crippen LogP contribution in [0.15, 0.2) is 15.9 Å². The van der Waals surface area contributed by atoms with Crippen molar-refractivity contribution in [2.24, 2.45) is 5.92 Å². The Morgan fingerprint density at radius 3 is 2.94 bits per heavy atom. The number of rotatable bonds is 1. The van der Waals surface area contributed by atoms with Gasteiger partial charge in [0.2, 0.25) is 0 Å². The van der Waals surface area contributed by atoms with E-state index in [1.165, 1.54) is 11.3 Å². The summed E-state index contributed by atoms with van der Waals surface area (Å²) in [4.78, 5) is 26.0. The Bertz CT molecular complexity index is 429. The van der Waals surface area contributed by atoms with E-state index in [1.807, 2.05) is 18.4 Å². The number of ketones is 1. The summed E-state index contributed by atoms with van der Waals surface area (Å²) in [5, 5.41) is 1.88. The van der Waals surface area contributed by atoms with Crippen molar-refractivity contribution in [1.82, 2.24) is 4.90 Å². The predicted octanol–water partition coefficient (Wildman–Crippen LogP) is 2.56. The van der Waals surface area contributed by atoms with Gasteiger partial charge in [-0.1, -0.05) is 6.92 Å². The summed E-state index contributed by atoms with van der Waals surface area (Å²) in [5.41, 5.74) is 0. The Morgan fingerprint density at radius 1 is 1.62 bits per heavy atom. The highest BCUT2D eigenvalue weighted by Crippen LogP contribution is 2.25. The van der Waals surface area contributed by atoms with Crippen LogP contribution in [0.3, 0.4) is 0 Å². The number of Topliss-reactive ketones (excluding diaryl/α,β-unsaturated/α-hetero) is 1. The van der Waals surface area contributed by atoms with Gasteiger partial charge in [0.25, 0.3) is 5.91 Å². The maximum Gasteiger partial charge on any atom is 0.265 e. The first kappa shape index (κ1) is 11.8. The van der Waals surface area contributed by atoms with Gasteiger partial charge in [-0.2, -0.15) is 0 Å². The van der Waals surface area contributed by atoms with Crippen molar-refractivity contribution in [3.8, 4) is 0 Å². The Labute approximate surface area is 107 Å². The number of halogens is 1. The zero-order chi connectivity index (χ0) is 11.7. The zero-order valence-corrected chi connectivity index (χ0v) is 11.3. The molecule has 5 heteroatoms. The average Bonchev–Trinajstić information content (AvgIpc) is 2.67. The first-order valence-electron chi connectivity index (χ1n) is 5.14. The lowest BCUT2D eigenvalue weighted by Crippen LogP contribution is -2.42. The van der Waals surface area contributed by atoms with Crippen LogP contribution in [-0.4, -0.2) is 29.7 Å². The van der Waals surface area contributed by atoms with Gasteiger partial charge in [-0.25, -0.2) is 0 Å². The second-order valence-corrected chi connectivity index (χ2v) is 5.74. The Balaban J connectivity index is 2.12. The lowest BCUT2D eigenvalue weighted by molar-refractivity contribution is -0.124. The van der Waals surface area contributed by atoms with E-state index in [0.717, 1.165) is 9.35 Å². The second-order valence-electron chi connectivity index (χ2n) is 3.97. The number of carbonyl (C=O) groups excluding carboxylic acids is 2. The van der Waals surface area contributed by atoms with Crippen molar-refractivity contribution in [2.75, 3.05) is 13.1 Å². The molecule has 1 amide bonds. The maximum atomic E-state index is 12.1. The smallest absolute Gasteiger partial charge is 0.265 e. The summed E-state index contributed by atoms with van der Waals surface area (Å²) < 4.78 is 0.840. The second kappa shape index (κ2) is 4.67. The zero-order valence-electron chi connectivity index (χ0n) is 8.90. The molecule has 3 nitrogen and oxygen atoms in total. The van der Waals surface area contributed by atoms with Crippen molar-refractivity contribution in [3.05, 3.63) is 20.8 Å². The molecule has 2 rings (SSSR count). The molecule has 0 N–H and O–H groups in total. The van der Waals surface area contributed by atoms with E-state index in [4.69, 9.17) is 0 Å². The summed E-state index contributed by atoms with van der Waals surface area (Å²) in [6.45, 7) is 2.97. The Morgan fingerprint density at radius 2 is 2.38 bits per heavy atom. The first-order valence-corrected chi connectivity index (χ1v) is 6.82. The van der Waals surface area contributed by atoms with Gasteiger partial charge in [-0.3, -0.25) is 9.59 Å². The summed E-state index contributed by atoms with van der Waals surface area (Å²) in [6, 6.07) is 1.87. The molecule has 1 aromatic rings. The van der Waals surface area contributed by atoms with E-state index in [-0.39, 0.29) is 17.6 Å². The van der Waals surface area contributed by atoms with Crippen LogP contribution in [0.5, 0.6) is 0 Å². The fourth-order valence-corrected chi connectivity index (χ4v) is 3.30. The largest absolute Gasteiger partial charge is 0.337 e. The molecule has 1 aliphatic heterocycles. The SMILES string of the molecule is CC1CN(C(=O)c2sccc2Br)CCC1=O. The van der Waals surface area contributed by atoms with Crippen LogP contribution in [-0.2, 0) is 4.79 Å². The number of hydrogen-bond acceptors (Lipinski definition) is 3. The molecular formula is C11H12BrNO2S. The molecule has 0 saturated carbocycles. The number of amides is 1. The molecule has 1 aromatic heterocycles. The summed E-state index contributed by atoms with van der Waals surface area (Å²) in [6.07, 6.45) is 0.482. The Hall–Kier alpha value is -0.680. The lowest BCUT2D eigenvalue weighted by Gasteiger charge is -2.29. The molecule has 2 heterocycles. The van der Waals surface area contributed by atoms with E-state index in [2.05, 4.69) is 15.9 Å². The van der Waals surface area contributed by atoms with E-state index >= 15 is 0 Å². The molecular weight excluding hydrogens is 290 g/mol. The number of carbonyl (C=O) groups is 2.